The fraction of sp³-hybridized carbons (Fsp3) is 0.625. The first-order chi connectivity index (χ1) is 33.0. The number of ether oxygens (including phenoxy) is 6. The first-order valence-corrected chi connectivity index (χ1v) is 23.6. The van der Waals surface area contributed by atoms with Crippen molar-refractivity contribution in [1.29, 1.82) is 0 Å². The number of benzene rings is 1. The molecule has 7 atom stereocenters. The number of aliphatic carboxylic acids is 1. The van der Waals surface area contributed by atoms with Gasteiger partial charge in [0.1, 0.15) is 44.3 Å². The van der Waals surface area contributed by atoms with Crippen LogP contribution in [0.2, 0.25) is 0 Å². The van der Waals surface area contributed by atoms with E-state index in [0.717, 1.165) is 11.1 Å². The largest absolute Gasteiger partial charge is 0.514 e. The van der Waals surface area contributed by atoms with E-state index >= 15 is 0 Å². The predicted molar refractivity (Wildman–Crippen MR) is 244 cm³/mol. The van der Waals surface area contributed by atoms with Crippen LogP contribution in [-0.4, -0.2) is 131 Å². The number of carbonyl (C=O) groups excluding carboxylic acids is 8. The second-order valence-electron chi connectivity index (χ2n) is 18.7. The number of fused-ring (bicyclic) bond motifs is 5. The quantitative estimate of drug-likeness (QED) is 0.0462. The topological polar surface area (TPSA) is 316 Å². The Hall–Kier alpha value is -6.42. The molecule has 2 fully saturated rings. The van der Waals surface area contributed by atoms with Crippen LogP contribution in [0.4, 0.5) is 4.79 Å². The number of nitrogens with zero attached hydrogens (tertiary/aromatic N) is 2. The number of hydrogen-bond donors (Lipinski definition) is 5. The maximum atomic E-state index is 13.7. The number of hydrogen-bond acceptors (Lipinski definition) is 18. The van der Waals surface area contributed by atoms with Crippen molar-refractivity contribution in [3.05, 3.63) is 35.0 Å². The Morgan fingerprint density at radius 3 is 2.34 bits per heavy atom. The highest BCUT2D eigenvalue weighted by Gasteiger charge is 2.59. The van der Waals surface area contributed by atoms with Crippen molar-refractivity contribution in [2.45, 2.75) is 130 Å². The van der Waals surface area contributed by atoms with Crippen LogP contribution >= 0.6 is 0 Å². The van der Waals surface area contributed by atoms with Gasteiger partial charge in [0.25, 0.3) is 0 Å². The van der Waals surface area contributed by atoms with Crippen molar-refractivity contribution in [2.24, 2.45) is 28.4 Å². The minimum absolute atomic E-state index is 0.0214. The number of amides is 3. The highest BCUT2D eigenvalue weighted by Crippen LogP contribution is 2.51. The maximum absolute atomic E-state index is 13.7. The molecule has 6 N–H and O–H groups in total. The molecule has 1 aromatic carbocycles. The summed E-state index contributed by atoms with van der Waals surface area (Å²) in [7, 11) is 0. The molecule has 4 heterocycles. The molecule has 0 saturated carbocycles. The van der Waals surface area contributed by atoms with Gasteiger partial charge in [0.15, 0.2) is 12.2 Å². The Morgan fingerprint density at radius 2 is 1.69 bits per heavy atom. The summed E-state index contributed by atoms with van der Waals surface area (Å²) in [6.45, 7) is 10.3. The number of carboxylic acids is 1. The van der Waals surface area contributed by atoms with Crippen LogP contribution in [0, 0.1) is 22.7 Å². The van der Waals surface area contributed by atoms with Gasteiger partial charge < -0.3 is 59.9 Å². The Bertz CT molecular complexity index is 2360. The second-order valence-corrected chi connectivity index (χ2v) is 18.7. The van der Waals surface area contributed by atoms with Gasteiger partial charge >= 0.3 is 36.0 Å². The molecule has 22 nitrogen and oxygen atoms in total. The number of aromatic nitrogens is 1. The van der Waals surface area contributed by atoms with Gasteiger partial charge in [0, 0.05) is 24.3 Å². The first kappa shape index (κ1) is 54.5. The van der Waals surface area contributed by atoms with Crippen LogP contribution in [0.1, 0.15) is 116 Å². The van der Waals surface area contributed by atoms with E-state index in [1.54, 1.807) is 58.6 Å². The van der Waals surface area contributed by atoms with Crippen molar-refractivity contribution < 1.29 is 81.8 Å². The highest BCUT2D eigenvalue weighted by molar-refractivity contribution is 5.90. The molecular weight excluding hydrogens is 919 g/mol. The monoisotopic (exact) mass is 983 g/mol. The lowest BCUT2D eigenvalue weighted by molar-refractivity contribution is -0.202. The molecule has 5 rings (SSSR count). The number of carboxylic acid groups (broad SMARTS) is 1. The number of aryl methyl sites for hydroxylation is 1. The van der Waals surface area contributed by atoms with Crippen LogP contribution in [0.25, 0.3) is 10.9 Å². The zero-order valence-corrected chi connectivity index (χ0v) is 40.7. The lowest BCUT2D eigenvalue weighted by atomic mass is 9.69. The van der Waals surface area contributed by atoms with Crippen LogP contribution in [-0.2, 0) is 75.0 Å². The molecule has 2 aromatic rings. The van der Waals surface area contributed by atoms with Crippen LogP contribution < -0.4 is 21.1 Å². The van der Waals surface area contributed by atoms with Crippen LogP contribution in [0.3, 0.4) is 0 Å². The van der Waals surface area contributed by atoms with Gasteiger partial charge in [-0.3, -0.25) is 33.8 Å². The lowest BCUT2D eigenvalue weighted by Gasteiger charge is -2.48. The molecule has 0 aliphatic carbocycles. The first-order valence-electron chi connectivity index (χ1n) is 23.6. The van der Waals surface area contributed by atoms with Gasteiger partial charge in [-0.15, -0.1) is 0 Å². The number of cyclic esters (lactones) is 1. The minimum atomic E-state index is -1.77. The lowest BCUT2D eigenvalue weighted by Crippen LogP contribution is -2.61. The third kappa shape index (κ3) is 12.3. The number of rotatable bonds is 23. The van der Waals surface area contributed by atoms with Gasteiger partial charge in [-0.25, -0.2) is 14.4 Å². The molecule has 0 bridgehead atoms. The molecule has 384 valence electrons. The Kier molecular flexibility index (Phi) is 17.9. The van der Waals surface area contributed by atoms with Gasteiger partial charge in [0.2, 0.25) is 17.7 Å². The van der Waals surface area contributed by atoms with E-state index < -0.39 is 101 Å². The number of carbonyl (C=O) groups is 9. The summed E-state index contributed by atoms with van der Waals surface area (Å²) in [6, 6.07) is 2.25. The maximum Gasteiger partial charge on any atom is 0.514 e. The summed E-state index contributed by atoms with van der Waals surface area (Å²) >= 11 is 0. The summed E-state index contributed by atoms with van der Waals surface area (Å²) in [6.07, 6.45) is 0.101. The number of aliphatic hydroxyl groups is 1. The fourth-order valence-corrected chi connectivity index (χ4v) is 9.34. The van der Waals surface area contributed by atoms with Gasteiger partial charge in [-0.1, -0.05) is 27.7 Å². The summed E-state index contributed by atoms with van der Waals surface area (Å²) < 4.78 is 31.5. The third-order valence-electron chi connectivity index (χ3n) is 13.5. The summed E-state index contributed by atoms with van der Waals surface area (Å²) in [5, 5.41) is 26.0. The van der Waals surface area contributed by atoms with E-state index in [9.17, 15) is 48.3 Å². The summed E-state index contributed by atoms with van der Waals surface area (Å²) in [4.78, 5) is 120. The fourth-order valence-electron chi connectivity index (χ4n) is 9.34. The Balaban J connectivity index is 1.04. The zero-order valence-electron chi connectivity index (χ0n) is 40.7. The second kappa shape index (κ2) is 23.0. The normalized spacial score (nSPS) is 21.1. The Labute approximate surface area is 404 Å². The average Bonchev–Trinajstić information content (AvgIpc) is 3.70. The van der Waals surface area contributed by atoms with Gasteiger partial charge in [0.05, 0.1) is 40.5 Å². The van der Waals surface area contributed by atoms with E-state index in [2.05, 4.69) is 10.6 Å². The summed E-state index contributed by atoms with van der Waals surface area (Å²) in [5.41, 5.74) is 4.35. The van der Waals surface area contributed by atoms with E-state index in [4.69, 9.17) is 44.2 Å². The van der Waals surface area contributed by atoms with Crippen molar-refractivity contribution in [2.75, 3.05) is 39.6 Å². The van der Waals surface area contributed by atoms with Crippen LogP contribution in [0.15, 0.2) is 18.2 Å². The molecular formula is C48H65N5O17. The smallest absolute Gasteiger partial charge is 0.480 e. The zero-order chi connectivity index (χ0) is 51.7. The molecule has 1 aromatic heterocycles. The van der Waals surface area contributed by atoms with Crippen molar-refractivity contribution in [3.63, 3.8) is 0 Å². The molecule has 3 aliphatic heterocycles. The minimum Gasteiger partial charge on any atom is -0.480 e. The number of nitrogens with two attached hydrogens (primary N) is 1. The van der Waals surface area contributed by atoms with Crippen molar-refractivity contribution in [3.8, 4) is 5.75 Å². The predicted octanol–water partition coefficient (Wildman–Crippen LogP) is 2.70. The van der Waals surface area contributed by atoms with Crippen molar-refractivity contribution in [1.82, 2.24) is 20.5 Å². The number of piperidine rings is 1. The molecule has 2 saturated heterocycles. The number of esters is 4. The molecule has 3 aliphatic rings. The van der Waals surface area contributed by atoms with E-state index in [-0.39, 0.29) is 89.7 Å². The van der Waals surface area contributed by atoms with Gasteiger partial charge in [-0.2, -0.15) is 0 Å². The summed E-state index contributed by atoms with van der Waals surface area (Å²) in [5.74, 6) is -6.62. The average molecular weight is 984 g/mol. The van der Waals surface area contributed by atoms with E-state index in [1.165, 1.54) is 6.07 Å². The molecule has 70 heavy (non-hydrogen) atoms. The number of pyridine rings is 1. The SMILES string of the molecule is CCc1c2c(nc3ccc(OC(=O)OCC(=O)OCCOC(=O)C(C)(CC)CC(C)(C)C(=O)OCCNC(=O)[C@@H](CC)NC(=O)CCC(N)C(=O)O)cc13)C1CC3C(COC(=O)[C@@]3(O)CC)C(=O)N1C2. The van der Waals surface area contributed by atoms with Crippen molar-refractivity contribution >= 4 is 64.6 Å². The molecule has 3 amide bonds. The Morgan fingerprint density at radius 1 is 0.986 bits per heavy atom. The van der Waals surface area contributed by atoms with Gasteiger partial charge in [-0.05, 0) is 95.0 Å². The molecule has 22 heteroatoms. The standard InChI is InChI=1S/C48H65N5O17/c1-8-27-28-20-26(12-14-34(28)52-38-29(27)22-53-35(38)21-31-30(40(53)57)23-68-44(62)48(31,64)11-4)70-45(63)69-24-37(55)65-18-19-67-43(61)47(7,10-3)25-46(5,6)42(60)66-17-16-50-39(56)33(9-2)51-36(54)15-13-32(49)41(58)59/h12,14,20,30-33,35,64H,8-11,13,15-19,21-25,49H2,1-7H3,(H,50,56)(H,51,54)(H,58,59)/t30?,31?,32?,33-,35?,47?,48-/m1/s1. The highest BCUT2D eigenvalue weighted by atomic mass is 16.7. The van der Waals surface area contributed by atoms with Crippen LogP contribution in [0.5, 0.6) is 5.75 Å². The molecule has 0 spiro atoms. The molecule has 5 unspecified atom stereocenters. The van der Waals surface area contributed by atoms with E-state index in [0.29, 0.717) is 29.4 Å². The number of nitrogens with one attached hydrogen (secondary N) is 2. The molecule has 0 radical (unpaired) electrons. The third-order valence-corrected chi connectivity index (χ3v) is 13.5. The van der Waals surface area contributed by atoms with E-state index in [1.807, 2.05) is 6.92 Å².